The summed E-state index contributed by atoms with van der Waals surface area (Å²) in [6.45, 7) is 1.31. The van der Waals surface area contributed by atoms with Crippen molar-refractivity contribution >= 4 is 22.5 Å². The molecule has 84 valence electrons. The molecule has 5 heteroatoms. The molecule has 2 N–H and O–H groups in total. The molecule has 1 aliphatic heterocycles. The largest absolute Gasteiger partial charge is 0.382 e. The lowest BCUT2D eigenvalue weighted by Crippen LogP contribution is -2.57. The molecule has 0 aliphatic carbocycles. The number of halogens is 1. The number of aliphatic hydroxyl groups is 1. The van der Waals surface area contributed by atoms with Crippen LogP contribution in [0.25, 0.3) is 10.9 Å². The van der Waals surface area contributed by atoms with Gasteiger partial charge in [-0.1, -0.05) is 11.6 Å². The monoisotopic (exact) mass is 237 g/mol. The number of pyridine rings is 1. The molecule has 0 saturated carbocycles. The van der Waals surface area contributed by atoms with Crippen LogP contribution in [0.15, 0.2) is 18.5 Å². The highest BCUT2D eigenvalue weighted by Gasteiger charge is 2.42. The van der Waals surface area contributed by atoms with E-state index in [1.807, 2.05) is 13.2 Å². The van der Waals surface area contributed by atoms with Crippen molar-refractivity contribution in [3.8, 4) is 0 Å². The smallest absolute Gasteiger partial charge is 0.131 e. The standard InChI is InChI=1S/C11H12ClN3O/c1-15-5-11(16,6-15)8-4-13-9-2-10(12)14-3-7(8)9/h2-4,13,16H,5-6H2,1H3. The highest BCUT2D eigenvalue weighted by Crippen LogP contribution is 2.35. The fourth-order valence-corrected chi connectivity index (χ4v) is 2.55. The van der Waals surface area contributed by atoms with E-state index >= 15 is 0 Å². The van der Waals surface area contributed by atoms with E-state index in [-0.39, 0.29) is 0 Å². The number of β-amino-alcohol motifs (C(OH)–C–C–N with tert-alkyl or cyclic N) is 1. The van der Waals surface area contributed by atoms with E-state index in [0.29, 0.717) is 18.2 Å². The maximum atomic E-state index is 10.4. The number of nitrogens with zero attached hydrogens (tertiary/aromatic N) is 2. The van der Waals surface area contributed by atoms with E-state index in [9.17, 15) is 5.11 Å². The topological polar surface area (TPSA) is 52.1 Å². The summed E-state index contributed by atoms with van der Waals surface area (Å²) in [7, 11) is 1.98. The molecule has 0 amide bonds. The maximum absolute atomic E-state index is 10.4. The van der Waals surface area contributed by atoms with Gasteiger partial charge in [0.2, 0.25) is 0 Å². The first kappa shape index (κ1) is 10.1. The molecule has 0 aromatic carbocycles. The van der Waals surface area contributed by atoms with Crippen molar-refractivity contribution in [3.63, 3.8) is 0 Å². The van der Waals surface area contributed by atoms with Gasteiger partial charge in [-0.25, -0.2) is 4.98 Å². The Morgan fingerprint density at radius 2 is 2.31 bits per heavy atom. The van der Waals surface area contributed by atoms with Crippen molar-refractivity contribution in [1.82, 2.24) is 14.9 Å². The molecular weight excluding hydrogens is 226 g/mol. The first-order chi connectivity index (χ1) is 7.58. The van der Waals surface area contributed by atoms with Crippen molar-refractivity contribution in [3.05, 3.63) is 29.2 Å². The van der Waals surface area contributed by atoms with Crippen LogP contribution in [-0.4, -0.2) is 40.1 Å². The third-order valence-electron chi connectivity index (χ3n) is 3.10. The summed E-state index contributed by atoms with van der Waals surface area (Å²) in [6, 6.07) is 1.77. The van der Waals surface area contributed by atoms with Crippen LogP contribution in [0.4, 0.5) is 0 Å². The summed E-state index contributed by atoms with van der Waals surface area (Å²) in [4.78, 5) is 9.24. The SMILES string of the molecule is CN1CC(O)(c2c[nH]c3cc(Cl)ncc23)C1. The maximum Gasteiger partial charge on any atom is 0.131 e. The van der Waals surface area contributed by atoms with Gasteiger partial charge in [-0.05, 0) is 13.1 Å². The number of hydrogen-bond donors (Lipinski definition) is 2. The number of likely N-dealkylation sites (tertiary alicyclic amines) is 1. The van der Waals surface area contributed by atoms with Gasteiger partial charge in [-0.2, -0.15) is 0 Å². The van der Waals surface area contributed by atoms with E-state index in [1.54, 1.807) is 12.3 Å². The average Bonchev–Trinajstić information content (AvgIpc) is 2.58. The van der Waals surface area contributed by atoms with Gasteiger partial charge in [0.05, 0.1) is 5.52 Å². The number of hydrogen-bond acceptors (Lipinski definition) is 3. The number of rotatable bonds is 1. The minimum atomic E-state index is -0.748. The van der Waals surface area contributed by atoms with E-state index < -0.39 is 5.60 Å². The number of H-pyrrole nitrogens is 1. The minimum Gasteiger partial charge on any atom is -0.382 e. The summed E-state index contributed by atoms with van der Waals surface area (Å²) < 4.78 is 0. The molecule has 0 unspecified atom stereocenters. The zero-order chi connectivity index (χ0) is 11.3. The van der Waals surface area contributed by atoms with E-state index in [4.69, 9.17) is 11.6 Å². The van der Waals surface area contributed by atoms with Crippen LogP contribution in [0.1, 0.15) is 5.56 Å². The van der Waals surface area contributed by atoms with Gasteiger partial charge in [-0.15, -0.1) is 0 Å². The lowest BCUT2D eigenvalue weighted by atomic mass is 9.87. The van der Waals surface area contributed by atoms with E-state index in [2.05, 4.69) is 14.9 Å². The van der Waals surface area contributed by atoms with E-state index in [1.165, 1.54) is 0 Å². The highest BCUT2D eigenvalue weighted by molar-refractivity contribution is 6.30. The fraction of sp³-hybridized carbons (Fsp3) is 0.364. The zero-order valence-corrected chi connectivity index (χ0v) is 9.62. The van der Waals surface area contributed by atoms with E-state index in [0.717, 1.165) is 16.5 Å². The predicted octanol–water partition coefficient (Wildman–Crippen LogP) is 1.35. The number of nitrogens with one attached hydrogen (secondary N) is 1. The predicted molar refractivity (Wildman–Crippen MR) is 62.5 cm³/mol. The summed E-state index contributed by atoms with van der Waals surface area (Å²) in [5.74, 6) is 0. The van der Waals surface area contributed by atoms with Crippen LogP contribution < -0.4 is 0 Å². The lowest BCUT2D eigenvalue weighted by Gasteiger charge is -2.44. The van der Waals surface area contributed by atoms with Crippen molar-refractivity contribution < 1.29 is 5.11 Å². The van der Waals surface area contributed by atoms with Gasteiger partial charge >= 0.3 is 0 Å². The van der Waals surface area contributed by atoms with Crippen molar-refractivity contribution in [2.45, 2.75) is 5.60 Å². The molecule has 1 fully saturated rings. The second-order valence-electron chi connectivity index (χ2n) is 4.46. The average molecular weight is 238 g/mol. The minimum absolute atomic E-state index is 0.457. The fourth-order valence-electron chi connectivity index (χ4n) is 2.39. The van der Waals surface area contributed by atoms with Crippen LogP contribution in [0.2, 0.25) is 5.15 Å². The van der Waals surface area contributed by atoms with Gasteiger partial charge in [0.15, 0.2) is 0 Å². The number of aromatic amines is 1. The molecule has 4 nitrogen and oxygen atoms in total. The van der Waals surface area contributed by atoms with Gasteiger partial charge in [0, 0.05) is 36.4 Å². The Morgan fingerprint density at radius 3 is 3.00 bits per heavy atom. The Labute approximate surface area is 97.9 Å². The molecule has 2 aromatic rings. The number of likely N-dealkylation sites (N-methyl/N-ethyl adjacent to an activating group) is 1. The van der Waals surface area contributed by atoms with Gasteiger partial charge in [0.25, 0.3) is 0 Å². The second kappa shape index (κ2) is 3.20. The van der Waals surface area contributed by atoms with Crippen molar-refractivity contribution in [2.75, 3.05) is 20.1 Å². The van der Waals surface area contributed by atoms with Gasteiger partial charge in [0.1, 0.15) is 10.8 Å². The quantitative estimate of drug-likeness (QED) is 0.737. The summed E-state index contributed by atoms with van der Waals surface area (Å²) in [5, 5.41) is 11.8. The molecule has 1 aliphatic rings. The summed E-state index contributed by atoms with van der Waals surface area (Å²) in [6.07, 6.45) is 3.55. The molecule has 3 rings (SSSR count). The molecule has 1 saturated heterocycles. The molecule has 3 heterocycles. The molecular formula is C11H12ClN3O. The number of aromatic nitrogens is 2. The lowest BCUT2D eigenvalue weighted by molar-refractivity contribution is -0.0907. The van der Waals surface area contributed by atoms with Crippen molar-refractivity contribution in [1.29, 1.82) is 0 Å². The van der Waals surface area contributed by atoms with Gasteiger partial charge < -0.3 is 10.1 Å². The first-order valence-corrected chi connectivity index (χ1v) is 5.50. The van der Waals surface area contributed by atoms with Crippen LogP contribution in [0.5, 0.6) is 0 Å². The first-order valence-electron chi connectivity index (χ1n) is 5.12. The normalized spacial score (nSPS) is 19.9. The van der Waals surface area contributed by atoms with Crippen LogP contribution >= 0.6 is 11.6 Å². The molecule has 0 radical (unpaired) electrons. The Morgan fingerprint density at radius 1 is 1.56 bits per heavy atom. The van der Waals surface area contributed by atoms with Crippen LogP contribution in [-0.2, 0) is 5.60 Å². The number of fused-ring (bicyclic) bond motifs is 1. The Bertz CT molecular complexity index is 545. The third-order valence-corrected chi connectivity index (χ3v) is 3.30. The van der Waals surface area contributed by atoms with Crippen molar-refractivity contribution in [2.24, 2.45) is 0 Å². The third kappa shape index (κ3) is 1.34. The van der Waals surface area contributed by atoms with Crippen LogP contribution in [0, 0.1) is 0 Å². The zero-order valence-electron chi connectivity index (χ0n) is 8.87. The van der Waals surface area contributed by atoms with Gasteiger partial charge in [-0.3, -0.25) is 4.90 Å². The molecule has 0 bridgehead atoms. The second-order valence-corrected chi connectivity index (χ2v) is 4.85. The Kier molecular flexibility index (Phi) is 2.01. The molecule has 16 heavy (non-hydrogen) atoms. The molecule has 0 atom stereocenters. The molecule has 2 aromatic heterocycles. The summed E-state index contributed by atoms with van der Waals surface area (Å²) in [5.41, 5.74) is 1.07. The molecule has 0 spiro atoms. The van der Waals surface area contributed by atoms with Crippen LogP contribution in [0.3, 0.4) is 0 Å². The Balaban J connectivity index is 2.11. The summed E-state index contributed by atoms with van der Waals surface area (Å²) >= 11 is 5.81. The highest BCUT2D eigenvalue weighted by atomic mass is 35.5. The Hall–Kier alpha value is -1.10.